The summed E-state index contributed by atoms with van der Waals surface area (Å²) in [7, 11) is 1.73. The molecule has 0 aliphatic carbocycles. The van der Waals surface area contributed by atoms with Crippen LogP contribution in [-0.4, -0.2) is 26.4 Å². The van der Waals surface area contributed by atoms with Gasteiger partial charge in [-0.05, 0) is 35.9 Å². The highest BCUT2D eigenvalue weighted by molar-refractivity contribution is 5.87. The van der Waals surface area contributed by atoms with Crippen LogP contribution in [0.15, 0.2) is 36.4 Å². The molecule has 2 rings (SSSR count). The fourth-order valence-electron chi connectivity index (χ4n) is 2.47. The topological polar surface area (TPSA) is 21.3 Å². The van der Waals surface area contributed by atoms with Crippen LogP contribution in [0.1, 0.15) is 17.2 Å². The first-order valence-electron chi connectivity index (χ1n) is 6.72. The van der Waals surface area contributed by atoms with Gasteiger partial charge in [-0.25, -0.2) is 0 Å². The van der Waals surface area contributed by atoms with E-state index in [9.17, 15) is 13.2 Å². The van der Waals surface area contributed by atoms with Crippen LogP contribution in [-0.2, 0) is 4.74 Å². The molecular weight excluding hydrogens is 279 g/mol. The first-order chi connectivity index (χ1) is 9.92. The molecule has 0 fully saturated rings. The van der Waals surface area contributed by atoms with E-state index in [0.717, 1.165) is 21.9 Å². The van der Waals surface area contributed by atoms with Crippen molar-refractivity contribution in [3.63, 3.8) is 0 Å². The molecule has 0 aliphatic heterocycles. The van der Waals surface area contributed by atoms with Gasteiger partial charge in [-0.15, -0.1) is 0 Å². The molecular formula is C16H18F3NO. The first kappa shape index (κ1) is 15.8. The lowest BCUT2D eigenvalue weighted by Crippen LogP contribution is -2.26. The molecule has 0 amide bonds. The maximum atomic E-state index is 12.2. The average Bonchev–Trinajstić information content (AvgIpc) is 2.43. The van der Waals surface area contributed by atoms with Gasteiger partial charge >= 0.3 is 6.18 Å². The highest BCUT2D eigenvalue weighted by Crippen LogP contribution is 2.28. The molecule has 1 N–H and O–H groups in total. The zero-order valence-electron chi connectivity index (χ0n) is 12.0. The molecule has 0 radical (unpaired) electrons. The Balaban J connectivity index is 2.27. The smallest absolute Gasteiger partial charge is 0.370 e. The van der Waals surface area contributed by atoms with Crippen LogP contribution in [0.2, 0.25) is 0 Å². The molecule has 0 saturated carbocycles. The lowest BCUT2D eigenvalue weighted by Gasteiger charge is -2.21. The molecule has 1 atom stereocenters. The van der Waals surface area contributed by atoms with Gasteiger partial charge in [0.1, 0.15) is 6.61 Å². The summed E-state index contributed by atoms with van der Waals surface area (Å²) in [6, 6.07) is 11.5. The second-order valence-corrected chi connectivity index (χ2v) is 4.99. The molecule has 2 aromatic carbocycles. The van der Waals surface area contributed by atoms with Crippen molar-refractivity contribution >= 4 is 10.8 Å². The molecule has 0 saturated heterocycles. The van der Waals surface area contributed by atoms with Gasteiger partial charge in [-0.3, -0.25) is 0 Å². The fraction of sp³-hybridized carbons (Fsp3) is 0.375. The van der Waals surface area contributed by atoms with E-state index in [1.807, 2.05) is 43.3 Å². The summed E-state index contributed by atoms with van der Waals surface area (Å²) in [4.78, 5) is 0. The second kappa shape index (κ2) is 6.45. The minimum absolute atomic E-state index is 0.0230. The highest BCUT2D eigenvalue weighted by atomic mass is 19.4. The number of likely N-dealkylation sites (N-methyl/N-ethyl adjacent to an activating group) is 1. The largest absolute Gasteiger partial charge is 0.411 e. The van der Waals surface area contributed by atoms with Gasteiger partial charge < -0.3 is 10.1 Å². The minimum atomic E-state index is -4.30. The second-order valence-electron chi connectivity index (χ2n) is 4.99. The van der Waals surface area contributed by atoms with E-state index in [2.05, 4.69) is 5.32 Å². The molecule has 5 heteroatoms. The Hall–Kier alpha value is -1.59. The van der Waals surface area contributed by atoms with Gasteiger partial charge in [0.2, 0.25) is 0 Å². The number of fused-ring (bicyclic) bond motifs is 1. The maximum absolute atomic E-state index is 12.2. The Morgan fingerprint density at radius 3 is 2.52 bits per heavy atom. The number of halogens is 3. The third-order valence-electron chi connectivity index (χ3n) is 3.44. The SMILES string of the molecule is CNC(COCC(F)(F)F)c1c(C)ccc2ccccc12. The summed E-state index contributed by atoms with van der Waals surface area (Å²) < 4.78 is 41.4. The van der Waals surface area contributed by atoms with Gasteiger partial charge in [0.25, 0.3) is 0 Å². The predicted octanol–water partition coefficient (Wildman–Crippen LogP) is 3.99. The van der Waals surface area contributed by atoms with Crippen molar-refractivity contribution in [3.05, 3.63) is 47.5 Å². The Bertz CT molecular complexity index is 610. The van der Waals surface area contributed by atoms with E-state index < -0.39 is 12.8 Å². The summed E-state index contributed by atoms with van der Waals surface area (Å²) in [5.41, 5.74) is 2.02. The molecule has 0 aromatic heterocycles. The van der Waals surface area contributed by atoms with Gasteiger partial charge in [-0.2, -0.15) is 13.2 Å². The maximum Gasteiger partial charge on any atom is 0.411 e. The van der Waals surface area contributed by atoms with Crippen molar-refractivity contribution in [2.75, 3.05) is 20.3 Å². The molecule has 0 bridgehead atoms. The molecule has 2 nitrogen and oxygen atoms in total. The standard InChI is InChI=1S/C16H18F3NO/c1-11-7-8-12-5-3-4-6-13(12)15(11)14(20-2)9-21-10-16(17,18)19/h3-8,14,20H,9-10H2,1-2H3. The number of alkyl halides is 3. The zero-order valence-corrected chi connectivity index (χ0v) is 12.0. The lowest BCUT2D eigenvalue weighted by molar-refractivity contribution is -0.175. The van der Waals surface area contributed by atoms with E-state index >= 15 is 0 Å². The van der Waals surface area contributed by atoms with Crippen LogP contribution in [0.4, 0.5) is 13.2 Å². The summed E-state index contributed by atoms with van der Waals surface area (Å²) >= 11 is 0. The van der Waals surface area contributed by atoms with Crippen molar-refractivity contribution < 1.29 is 17.9 Å². The first-order valence-corrected chi connectivity index (χ1v) is 6.72. The van der Waals surface area contributed by atoms with Crippen LogP contribution in [0.25, 0.3) is 10.8 Å². The van der Waals surface area contributed by atoms with Crippen LogP contribution in [0.3, 0.4) is 0 Å². The summed E-state index contributed by atoms with van der Waals surface area (Å²) in [5.74, 6) is 0. The number of aryl methyl sites for hydroxylation is 1. The molecule has 0 aliphatic rings. The van der Waals surface area contributed by atoms with E-state index in [1.165, 1.54) is 0 Å². The Kier molecular flexibility index (Phi) is 4.85. The van der Waals surface area contributed by atoms with Gasteiger partial charge in [-0.1, -0.05) is 36.4 Å². The molecule has 2 aromatic rings. The lowest BCUT2D eigenvalue weighted by atomic mass is 9.94. The van der Waals surface area contributed by atoms with Crippen LogP contribution in [0, 0.1) is 6.92 Å². The van der Waals surface area contributed by atoms with Crippen molar-refractivity contribution in [2.24, 2.45) is 0 Å². The summed E-state index contributed by atoms with van der Waals surface area (Å²) in [6.45, 7) is 0.704. The zero-order chi connectivity index (χ0) is 15.5. The summed E-state index contributed by atoms with van der Waals surface area (Å²) in [6.07, 6.45) is -4.30. The predicted molar refractivity (Wildman–Crippen MR) is 77.4 cm³/mol. The summed E-state index contributed by atoms with van der Waals surface area (Å²) in [5, 5.41) is 5.14. The minimum Gasteiger partial charge on any atom is -0.370 e. The Morgan fingerprint density at radius 2 is 1.86 bits per heavy atom. The molecule has 0 heterocycles. The number of rotatable bonds is 5. The van der Waals surface area contributed by atoms with E-state index in [1.54, 1.807) is 7.05 Å². The number of benzene rings is 2. The van der Waals surface area contributed by atoms with Crippen molar-refractivity contribution in [1.82, 2.24) is 5.32 Å². The van der Waals surface area contributed by atoms with Crippen LogP contribution < -0.4 is 5.32 Å². The van der Waals surface area contributed by atoms with Crippen molar-refractivity contribution in [3.8, 4) is 0 Å². The molecule has 0 spiro atoms. The van der Waals surface area contributed by atoms with Crippen molar-refractivity contribution in [2.45, 2.75) is 19.1 Å². The number of ether oxygens (including phenoxy) is 1. The Morgan fingerprint density at radius 1 is 1.14 bits per heavy atom. The van der Waals surface area contributed by atoms with Gasteiger partial charge in [0.05, 0.1) is 12.6 Å². The van der Waals surface area contributed by atoms with E-state index in [4.69, 9.17) is 4.74 Å². The van der Waals surface area contributed by atoms with Gasteiger partial charge in [0.15, 0.2) is 0 Å². The van der Waals surface area contributed by atoms with Crippen LogP contribution >= 0.6 is 0 Å². The monoisotopic (exact) mass is 297 g/mol. The molecule has 21 heavy (non-hydrogen) atoms. The van der Waals surface area contributed by atoms with Gasteiger partial charge in [0, 0.05) is 0 Å². The normalized spacial score (nSPS) is 13.6. The number of nitrogens with one attached hydrogen (secondary N) is 1. The fourth-order valence-corrected chi connectivity index (χ4v) is 2.47. The quantitative estimate of drug-likeness (QED) is 0.901. The number of hydrogen-bond acceptors (Lipinski definition) is 2. The van der Waals surface area contributed by atoms with Crippen molar-refractivity contribution in [1.29, 1.82) is 0 Å². The van der Waals surface area contributed by atoms with Crippen LogP contribution in [0.5, 0.6) is 0 Å². The third-order valence-corrected chi connectivity index (χ3v) is 3.44. The third kappa shape index (κ3) is 3.95. The highest BCUT2D eigenvalue weighted by Gasteiger charge is 2.28. The number of hydrogen-bond donors (Lipinski definition) is 1. The molecule has 114 valence electrons. The Labute approximate surface area is 121 Å². The van der Waals surface area contributed by atoms with E-state index in [-0.39, 0.29) is 12.6 Å². The van der Waals surface area contributed by atoms with E-state index in [0.29, 0.717) is 0 Å². The average molecular weight is 297 g/mol. The molecule has 1 unspecified atom stereocenters.